The van der Waals surface area contributed by atoms with E-state index in [1.165, 1.54) is 31.2 Å². The average molecular weight is 407 g/mol. The van der Waals surface area contributed by atoms with Crippen LogP contribution in [0.2, 0.25) is 5.02 Å². The monoisotopic (exact) mass is 406 g/mol. The van der Waals surface area contributed by atoms with Crippen molar-refractivity contribution in [3.8, 4) is 0 Å². The lowest BCUT2D eigenvalue weighted by molar-refractivity contribution is -0.126. The fourth-order valence-corrected chi connectivity index (χ4v) is 4.89. The number of hydrogen-bond donors (Lipinski definition) is 2. The standard InChI is InChI=1S/C23H35ClN2O2/c1-16(2)22(25-21(27)15-17-5-3-4-6-17)23(28)26-13-11-19(12-14-26)18-7-9-20(24)10-8-18/h7-10,16-17,19,22-23,28H,3-6,11-15H2,1-2H3,(H,25,27). The molecule has 1 amide bonds. The zero-order chi connectivity index (χ0) is 20.1. The molecule has 1 aliphatic heterocycles. The summed E-state index contributed by atoms with van der Waals surface area (Å²) in [6.45, 7) is 5.83. The first-order valence-electron chi connectivity index (χ1n) is 10.9. The molecule has 2 N–H and O–H groups in total. The van der Waals surface area contributed by atoms with Crippen molar-refractivity contribution in [2.75, 3.05) is 13.1 Å². The summed E-state index contributed by atoms with van der Waals surface area (Å²) < 4.78 is 0. The van der Waals surface area contributed by atoms with Gasteiger partial charge in [-0.1, -0.05) is 50.4 Å². The molecule has 28 heavy (non-hydrogen) atoms. The normalized spacial score (nSPS) is 21.8. The van der Waals surface area contributed by atoms with Crippen LogP contribution in [0.1, 0.15) is 70.3 Å². The number of halogens is 1. The zero-order valence-corrected chi connectivity index (χ0v) is 18.0. The fourth-order valence-electron chi connectivity index (χ4n) is 4.77. The number of nitrogens with one attached hydrogen (secondary N) is 1. The van der Waals surface area contributed by atoms with Gasteiger partial charge in [0.15, 0.2) is 0 Å². The molecule has 2 unspecified atom stereocenters. The molecule has 0 bridgehead atoms. The number of likely N-dealkylation sites (tertiary alicyclic amines) is 1. The van der Waals surface area contributed by atoms with Gasteiger partial charge >= 0.3 is 0 Å². The molecule has 2 fully saturated rings. The number of piperidine rings is 1. The molecule has 1 aromatic rings. The lowest BCUT2D eigenvalue weighted by atomic mass is 9.88. The molecule has 1 heterocycles. The van der Waals surface area contributed by atoms with Gasteiger partial charge in [0.05, 0.1) is 6.04 Å². The second kappa shape index (κ2) is 10.1. The van der Waals surface area contributed by atoms with Gasteiger partial charge in [-0.2, -0.15) is 0 Å². The highest BCUT2D eigenvalue weighted by atomic mass is 35.5. The van der Waals surface area contributed by atoms with Gasteiger partial charge in [-0.05, 0) is 61.1 Å². The molecule has 2 aliphatic rings. The maximum Gasteiger partial charge on any atom is 0.220 e. The van der Waals surface area contributed by atoms with Gasteiger partial charge < -0.3 is 10.4 Å². The van der Waals surface area contributed by atoms with Crippen molar-refractivity contribution in [1.29, 1.82) is 0 Å². The Morgan fingerprint density at radius 2 is 1.75 bits per heavy atom. The smallest absolute Gasteiger partial charge is 0.220 e. The van der Waals surface area contributed by atoms with E-state index >= 15 is 0 Å². The summed E-state index contributed by atoms with van der Waals surface area (Å²) in [4.78, 5) is 14.6. The molecule has 1 saturated carbocycles. The number of benzene rings is 1. The van der Waals surface area contributed by atoms with Crippen LogP contribution in [0.15, 0.2) is 24.3 Å². The molecule has 1 aromatic carbocycles. The number of carbonyl (C=O) groups excluding carboxylic acids is 1. The molecule has 1 saturated heterocycles. The van der Waals surface area contributed by atoms with E-state index in [9.17, 15) is 9.90 Å². The topological polar surface area (TPSA) is 52.6 Å². The minimum Gasteiger partial charge on any atom is -0.376 e. The lowest BCUT2D eigenvalue weighted by Crippen LogP contribution is -2.55. The average Bonchev–Trinajstić information content (AvgIpc) is 3.19. The van der Waals surface area contributed by atoms with Gasteiger partial charge in [0.1, 0.15) is 6.23 Å². The highest BCUT2D eigenvalue weighted by Gasteiger charge is 2.32. The molecule has 0 spiro atoms. The highest BCUT2D eigenvalue weighted by Crippen LogP contribution is 2.31. The second-order valence-electron chi connectivity index (χ2n) is 8.97. The van der Waals surface area contributed by atoms with Gasteiger partial charge in [-0.25, -0.2) is 0 Å². The lowest BCUT2D eigenvalue weighted by Gasteiger charge is -2.40. The SMILES string of the molecule is CC(C)C(NC(=O)CC1CCCC1)C(O)N1CCC(c2ccc(Cl)cc2)CC1. The fraction of sp³-hybridized carbons (Fsp3) is 0.696. The van der Waals surface area contributed by atoms with Crippen molar-refractivity contribution >= 4 is 17.5 Å². The third-order valence-electron chi connectivity index (χ3n) is 6.56. The summed E-state index contributed by atoms with van der Waals surface area (Å²) in [6.07, 6.45) is 6.83. The molecular weight excluding hydrogens is 372 g/mol. The van der Waals surface area contributed by atoms with Crippen LogP contribution in [0.3, 0.4) is 0 Å². The molecule has 156 valence electrons. The van der Waals surface area contributed by atoms with E-state index in [-0.39, 0.29) is 17.9 Å². The van der Waals surface area contributed by atoms with Crippen molar-refractivity contribution in [2.45, 2.75) is 77.0 Å². The number of carbonyl (C=O) groups is 1. The van der Waals surface area contributed by atoms with Crippen molar-refractivity contribution in [1.82, 2.24) is 10.2 Å². The van der Waals surface area contributed by atoms with Crippen molar-refractivity contribution in [3.63, 3.8) is 0 Å². The number of aliphatic hydroxyl groups is 1. The van der Waals surface area contributed by atoms with Crippen LogP contribution in [-0.2, 0) is 4.79 Å². The second-order valence-corrected chi connectivity index (χ2v) is 9.40. The van der Waals surface area contributed by atoms with E-state index in [1.807, 2.05) is 12.1 Å². The van der Waals surface area contributed by atoms with Gasteiger partial charge in [0.2, 0.25) is 5.91 Å². The van der Waals surface area contributed by atoms with Crippen LogP contribution in [0.25, 0.3) is 0 Å². The number of hydrogen-bond acceptors (Lipinski definition) is 3. The maximum atomic E-state index is 12.5. The Morgan fingerprint density at radius 1 is 1.14 bits per heavy atom. The molecule has 1 aliphatic carbocycles. The van der Waals surface area contributed by atoms with Crippen LogP contribution in [0.5, 0.6) is 0 Å². The van der Waals surface area contributed by atoms with Crippen LogP contribution in [-0.4, -0.2) is 41.3 Å². The van der Waals surface area contributed by atoms with E-state index in [2.05, 4.69) is 36.2 Å². The highest BCUT2D eigenvalue weighted by molar-refractivity contribution is 6.30. The molecule has 2 atom stereocenters. The largest absolute Gasteiger partial charge is 0.376 e. The summed E-state index contributed by atoms with van der Waals surface area (Å²) in [7, 11) is 0. The van der Waals surface area contributed by atoms with Crippen LogP contribution in [0, 0.1) is 11.8 Å². The van der Waals surface area contributed by atoms with Crippen LogP contribution in [0.4, 0.5) is 0 Å². The van der Waals surface area contributed by atoms with Crippen molar-refractivity contribution in [3.05, 3.63) is 34.9 Å². The number of aliphatic hydroxyl groups excluding tert-OH is 1. The third kappa shape index (κ3) is 5.71. The Labute approximate surface area is 174 Å². The van der Waals surface area contributed by atoms with E-state index in [0.29, 0.717) is 18.3 Å². The van der Waals surface area contributed by atoms with Gasteiger partial charge in [0, 0.05) is 24.5 Å². The van der Waals surface area contributed by atoms with Gasteiger partial charge in [-0.3, -0.25) is 9.69 Å². The summed E-state index contributed by atoms with van der Waals surface area (Å²) in [5.74, 6) is 1.33. The third-order valence-corrected chi connectivity index (χ3v) is 6.81. The minimum atomic E-state index is -0.626. The summed E-state index contributed by atoms with van der Waals surface area (Å²) in [5, 5.41) is 14.9. The molecule has 5 heteroatoms. The summed E-state index contributed by atoms with van der Waals surface area (Å²) in [6, 6.07) is 7.90. The predicted octanol–water partition coefficient (Wildman–Crippen LogP) is 4.56. The van der Waals surface area contributed by atoms with Gasteiger partial charge in [0.25, 0.3) is 0 Å². The van der Waals surface area contributed by atoms with Gasteiger partial charge in [-0.15, -0.1) is 0 Å². The molecule has 0 aromatic heterocycles. The minimum absolute atomic E-state index is 0.0979. The molecular formula is C23H35ClN2O2. The first-order valence-corrected chi connectivity index (χ1v) is 11.3. The molecule has 4 nitrogen and oxygen atoms in total. The number of nitrogens with zero attached hydrogens (tertiary/aromatic N) is 1. The summed E-state index contributed by atoms with van der Waals surface area (Å²) >= 11 is 6.00. The Kier molecular flexibility index (Phi) is 7.78. The van der Waals surface area contributed by atoms with E-state index in [1.54, 1.807) is 0 Å². The van der Waals surface area contributed by atoms with E-state index in [4.69, 9.17) is 11.6 Å². The van der Waals surface area contributed by atoms with Crippen LogP contribution < -0.4 is 5.32 Å². The zero-order valence-electron chi connectivity index (χ0n) is 17.2. The predicted molar refractivity (Wildman–Crippen MR) is 114 cm³/mol. The van der Waals surface area contributed by atoms with E-state index in [0.717, 1.165) is 31.0 Å². The number of amides is 1. The molecule has 0 radical (unpaired) electrons. The van der Waals surface area contributed by atoms with Crippen molar-refractivity contribution in [2.24, 2.45) is 11.8 Å². The summed E-state index contributed by atoms with van der Waals surface area (Å²) in [5.41, 5.74) is 1.32. The first kappa shape index (κ1) is 21.6. The Bertz CT molecular complexity index is 620. The Balaban J connectivity index is 1.52. The first-order chi connectivity index (χ1) is 13.4. The van der Waals surface area contributed by atoms with E-state index < -0.39 is 6.23 Å². The number of rotatable bonds is 7. The molecule has 3 rings (SSSR count). The van der Waals surface area contributed by atoms with Crippen molar-refractivity contribution < 1.29 is 9.90 Å². The van der Waals surface area contributed by atoms with Crippen LogP contribution >= 0.6 is 11.6 Å². The Hall–Kier alpha value is -1.10. The maximum absolute atomic E-state index is 12.5. The Morgan fingerprint density at radius 3 is 2.32 bits per heavy atom. The quantitative estimate of drug-likeness (QED) is 0.697.